The standard InChI is InChI=1S/C11H20N2OS/c1-4-5-15-8-11(14)7-10-6-9(2)12-13(10)3/h6,11,14H,4-5,7-8H2,1-3H3. The first kappa shape index (κ1) is 12.6. The van der Waals surface area contributed by atoms with Gasteiger partial charge in [0.15, 0.2) is 0 Å². The average Bonchev–Trinajstić information content (AvgIpc) is 2.45. The van der Waals surface area contributed by atoms with Crippen LogP contribution >= 0.6 is 11.8 Å². The lowest BCUT2D eigenvalue weighted by atomic mass is 10.2. The first-order chi connectivity index (χ1) is 7.13. The molecule has 0 aliphatic carbocycles. The maximum atomic E-state index is 9.80. The van der Waals surface area contributed by atoms with Crippen molar-refractivity contribution in [1.82, 2.24) is 9.78 Å². The molecule has 1 aromatic rings. The van der Waals surface area contributed by atoms with Crippen LogP contribution in [0.2, 0.25) is 0 Å². The van der Waals surface area contributed by atoms with Gasteiger partial charge in [0.2, 0.25) is 0 Å². The Kier molecular flexibility index (Phi) is 5.19. The fourth-order valence-corrected chi connectivity index (χ4v) is 2.36. The highest BCUT2D eigenvalue weighted by molar-refractivity contribution is 7.99. The lowest BCUT2D eigenvalue weighted by Crippen LogP contribution is -2.16. The van der Waals surface area contributed by atoms with Crippen LogP contribution in [0.3, 0.4) is 0 Å². The minimum Gasteiger partial charge on any atom is -0.392 e. The van der Waals surface area contributed by atoms with Gasteiger partial charge in [0.1, 0.15) is 0 Å². The van der Waals surface area contributed by atoms with Gasteiger partial charge in [-0.2, -0.15) is 16.9 Å². The number of nitrogens with zero attached hydrogens (tertiary/aromatic N) is 2. The third-order valence-electron chi connectivity index (χ3n) is 2.20. The Bertz CT molecular complexity index is 299. The Morgan fingerprint density at radius 3 is 2.87 bits per heavy atom. The highest BCUT2D eigenvalue weighted by atomic mass is 32.2. The van der Waals surface area contributed by atoms with Crippen molar-refractivity contribution in [3.63, 3.8) is 0 Å². The van der Waals surface area contributed by atoms with E-state index in [-0.39, 0.29) is 6.10 Å². The third-order valence-corrected chi connectivity index (χ3v) is 3.52. The van der Waals surface area contributed by atoms with Crippen molar-refractivity contribution in [1.29, 1.82) is 0 Å². The molecule has 0 bridgehead atoms. The second-order valence-corrected chi connectivity index (χ2v) is 4.98. The summed E-state index contributed by atoms with van der Waals surface area (Å²) in [6.07, 6.45) is 1.62. The zero-order valence-corrected chi connectivity index (χ0v) is 10.5. The normalized spacial score (nSPS) is 13.1. The quantitative estimate of drug-likeness (QED) is 0.754. The number of hydrogen-bond donors (Lipinski definition) is 1. The largest absolute Gasteiger partial charge is 0.392 e. The number of aliphatic hydroxyl groups excluding tert-OH is 1. The summed E-state index contributed by atoms with van der Waals surface area (Å²) in [5.41, 5.74) is 2.12. The molecule has 0 saturated heterocycles. The zero-order chi connectivity index (χ0) is 11.3. The van der Waals surface area contributed by atoms with Gasteiger partial charge in [-0.25, -0.2) is 0 Å². The van der Waals surface area contributed by atoms with E-state index in [2.05, 4.69) is 12.0 Å². The maximum Gasteiger partial charge on any atom is 0.0685 e. The van der Waals surface area contributed by atoms with Crippen molar-refractivity contribution in [2.24, 2.45) is 7.05 Å². The van der Waals surface area contributed by atoms with Crippen LogP contribution < -0.4 is 0 Å². The molecule has 0 aliphatic heterocycles. The summed E-state index contributed by atoms with van der Waals surface area (Å²) < 4.78 is 1.85. The highest BCUT2D eigenvalue weighted by Gasteiger charge is 2.09. The number of rotatable bonds is 6. The molecule has 1 aromatic heterocycles. The Labute approximate surface area is 95.9 Å². The van der Waals surface area contributed by atoms with E-state index in [1.54, 1.807) is 0 Å². The number of thioether (sulfide) groups is 1. The number of aliphatic hydroxyl groups is 1. The molecule has 1 N–H and O–H groups in total. The molecule has 86 valence electrons. The van der Waals surface area contributed by atoms with Crippen LogP contribution in [0.4, 0.5) is 0 Å². The van der Waals surface area contributed by atoms with Gasteiger partial charge in [-0.1, -0.05) is 6.92 Å². The first-order valence-electron chi connectivity index (χ1n) is 5.38. The summed E-state index contributed by atoms with van der Waals surface area (Å²) in [6, 6.07) is 2.04. The van der Waals surface area contributed by atoms with E-state index >= 15 is 0 Å². The SMILES string of the molecule is CCCSCC(O)Cc1cc(C)nn1C. The van der Waals surface area contributed by atoms with Crippen LogP contribution in [0, 0.1) is 6.92 Å². The fraction of sp³-hybridized carbons (Fsp3) is 0.727. The minimum absolute atomic E-state index is 0.253. The number of aryl methyl sites for hydroxylation is 2. The van der Waals surface area contributed by atoms with Gasteiger partial charge in [0.05, 0.1) is 11.8 Å². The molecule has 0 saturated carbocycles. The molecule has 0 spiro atoms. The van der Waals surface area contributed by atoms with Crippen LogP contribution in [0.25, 0.3) is 0 Å². The summed E-state index contributed by atoms with van der Waals surface area (Å²) in [5, 5.41) is 14.1. The van der Waals surface area contributed by atoms with Crippen molar-refractivity contribution in [3.05, 3.63) is 17.5 Å². The second-order valence-electron chi connectivity index (χ2n) is 3.83. The van der Waals surface area contributed by atoms with E-state index in [9.17, 15) is 5.11 Å². The van der Waals surface area contributed by atoms with E-state index in [0.29, 0.717) is 6.42 Å². The van der Waals surface area contributed by atoms with Gasteiger partial charge in [-0.05, 0) is 25.2 Å². The van der Waals surface area contributed by atoms with Crippen LogP contribution in [0.5, 0.6) is 0 Å². The third kappa shape index (κ3) is 4.26. The molecule has 1 unspecified atom stereocenters. The summed E-state index contributed by atoms with van der Waals surface area (Å²) in [4.78, 5) is 0. The Balaban J connectivity index is 2.37. The fourth-order valence-electron chi connectivity index (χ4n) is 1.52. The van der Waals surface area contributed by atoms with Crippen molar-refractivity contribution in [2.45, 2.75) is 32.8 Å². The molecule has 15 heavy (non-hydrogen) atoms. The van der Waals surface area contributed by atoms with E-state index in [0.717, 1.165) is 22.9 Å². The summed E-state index contributed by atoms with van der Waals surface area (Å²) in [5.74, 6) is 1.94. The van der Waals surface area contributed by atoms with Crippen molar-refractivity contribution >= 4 is 11.8 Å². The zero-order valence-electron chi connectivity index (χ0n) is 9.73. The predicted octanol–water partition coefficient (Wildman–Crippen LogP) is 1.78. The van der Waals surface area contributed by atoms with Crippen LogP contribution in [-0.2, 0) is 13.5 Å². The summed E-state index contributed by atoms with van der Waals surface area (Å²) >= 11 is 1.81. The van der Waals surface area contributed by atoms with E-state index in [4.69, 9.17) is 0 Å². The number of aromatic nitrogens is 2. The molecule has 0 radical (unpaired) electrons. The van der Waals surface area contributed by atoms with Gasteiger partial charge in [0.25, 0.3) is 0 Å². The Hall–Kier alpha value is -0.480. The van der Waals surface area contributed by atoms with Crippen LogP contribution in [0.1, 0.15) is 24.7 Å². The van der Waals surface area contributed by atoms with Crippen LogP contribution in [0.15, 0.2) is 6.07 Å². The molecule has 0 aliphatic rings. The lowest BCUT2D eigenvalue weighted by molar-refractivity contribution is 0.197. The number of hydrogen-bond acceptors (Lipinski definition) is 3. The molecule has 1 atom stereocenters. The van der Waals surface area contributed by atoms with Crippen molar-refractivity contribution in [3.8, 4) is 0 Å². The van der Waals surface area contributed by atoms with Gasteiger partial charge in [-0.15, -0.1) is 0 Å². The topological polar surface area (TPSA) is 38.1 Å². The van der Waals surface area contributed by atoms with E-state index in [1.807, 2.05) is 36.5 Å². The summed E-state index contributed by atoms with van der Waals surface area (Å²) in [7, 11) is 1.92. The molecule has 0 aromatic carbocycles. The highest BCUT2D eigenvalue weighted by Crippen LogP contribution is 2.10. The van der Waals surface area contributed by atoms with E-state index in [1.165, 1.54) is 6.42 Å². The lowest BCUT2D eigenvalue weighted by Gasteiger charge is -2.09. The molecule has 3 nitrogen and oxygen atoms in total. The van der Waals surface area contributed by atoms with Gasteiger partial charge < -0.3 is 5.11 Å². The predicted molar refractivity (Wildman–Crippen MR) is 65.3 cm³/mol. The molecular formula is C11H20N2OS. The summed E-state index contributed by atoms with van der Waals surface area (Å²) in [6.45, 7) is 4.13. The van der Waals surface area contributed by atoms with Crippen molar-refractivity contribution < 1.29 is 5.11 Å². The van der Waals surface area contributed by atoms with Crippen molar-refractivity contribution in [2.75, 3.05) is 11.5 Å². The van der Waals surface area contributed by atoms with Gasteiger partial charge >= 0.3 is 0 Å². The van der Waals surface area contributed by atoms with Crippen LogP contribution in [-0.4, -0.2) is 32.5 Å². The Morgan fingerprint density at radius 1 is 1.60 bits per heavy atom. The minimum atomic E-state index is -0.253. The molecular weight excluding hydrogens is 208 g/mol. The smallest absolute Gasteiger partial charge is 0.0685 e. The monoisotopic (exact) mass is 228 g/mol. The van der Waals surface area contributed by atoms with Gasteiger partial charge in [-0.3, -0.25) is 4.68 Å². The maximum absolute atomic E-state index is 9.80. The molecule has 1 rings (SSSR count). The Morgan fingerprint density at radius 2 is 2.33 bits per heavy atom. The second kappa shape index (κ2) is 6.18. The van der Waals surface area contributed by atoms with Gasteiger partial charge in [0, 0.05) is 24.9 Å². The first-order valence-corrected chi connectivity index (χ1v) is 6.54. The average molecular weight is 228 g/mol. The molecule has 0 fully saturated rings. The molecule has 0 amide bonds. The molecule has 1 heterocycles. The molecule has 4 heteroatoms. The van der Waals surface area contributed by atoms with E-state index < -0.39 is 0 Å².